The van der Waals surface area contributed by atoms with Crippen molar-refractivity contribution in [1.29, 1.82) is 10.5 Å². The Morgan fingerprint density at radius 3 is 2.52 bits per heavy atom. The second-order valence-corrected chi connectivity index (χ2v) is 12.5. The second-order valence-electron chi connectivity index (χ2n) is 12.5. The van der Waals surface area contributed by atoms with Crippen LogP contribution in [0.2, 0.25) is 0 Å². The number of halogens is 3. The number of nitrogens with zero attached hydrogens (tertiary/aromatic N) is 5. The molecule has 2 aliphatic rings. The van der Waals surface area contributed by atoms with E-state index in [0.717, 1.165) is 27.2 Å². The molecule has 0 bridgehead atoms. The van der Waals surface area contributed by atoms with Crippen molar-refractivity contribution in [3.63, 3.8) is 0 Å². The number of aromatic nitrogens is 3. The van der Waals surface area contributed by atoms with Crippen molar-refractivity contribution < 1.29 is 13.2 Å². The largest absolute Gasteiger partial charge is 0.413 e. The van der Waals surface area contributed by atoms with Crippen LogP contribution in [0.25, 0.3) is 21.8 Å². The molecule has 44 heavy (non-hydrogen) atoms. The van der Waals surface area contributed by atoms with Crippen molar-refractivity contribution >= 4 is 33.2 Å². The summed E-state index contributed by atoms with van der Waals surface area (Å²) in [5.41, 5.74) is 8.45. The number of pyridine rings is 1. The van der Waals surface area contributed by atoms with Gasteiger partial charge in [-0.1, -0.05) is 32.9 Å². The Hall–Kier alpha value is -5.01. The van der Waals surface area contributed by atoms with Gasteiger partial charge in [0.1, 0.15) is 12.1 Å². The summed E-state index contributed by atoms with van der Waals surface area (Å²) in [5.74, 6) is 0. The smallest absolute Gasteiger partial charge is 0.383 e. The van der Waals surface area contributed by atoms with Gasteiger partial charge in [-0.2, -0.15) is 28.8 Å². The summed E-state index contributed by atoms with van der Waals surface area (Å²) in [7, 11) is 0. The van der Waals surface area contributed by atoms with Gasteiger partial charge in [-0.25, -0.2) is 0 Å². The predicted octanol–water partition coefficient (Wildman–Crippen LogP) is 6.04. The zero-order valence-corrected chi connectivity index (χ0v) is 24.6. The Kier molecular flexibility index (Phi) is 6.82. The topological polar surface area (TPSA) is 141 Å². The molecule has 0 unspecified atom stereocenters. The zero-order chi connectivity index (χ0) is 31.4. The fraction of sp³-hybridized carbons (Fsp3) is 0.355. The number of nitrogens with one attached hydrogen (secondary N) is 5. The number of hydrogen-bond acceptors (Lipinski definition) is 9. The number of anilines is 2. The van der Waals surface area contributed by atoms with Crippen LogP contribution < -0.4 is 21.6 Å². The predicted molar refractivity (Wildman–Crippen MR) is 161 cm³/mol. The molecule has 13 heteroatoms. The van der Waals surface area contributed by atoms with Crippen molar-refractivity contribution in [2.45, 2.75) is 58.3 Å². The number of hydrazine groups is 2. The van der Waals surface area contributed by atoms with Crippen LogP contribution in [0.1, 0.15) is 62.0 Å². The van der Waals surface area contributed by atoms with E-state index in [1.54, 1.807) is 6.07 Å². The van der Waals surface area contributed by atoms with E-state index in [4.69, 9.17) is 0 Å². The Bertz CT molecular complexity index is 1880. The quantitative estimate of drug-likeness (QED) is 0.172. The van der Waals surface area contributed by atoms with Crippen LogP contribution in [0, 0.1) is 35.0 Å². The Balaban J connectivity index is 1.49. The van der Waals surface area contributed by atoms with Crippen molar-refractivity contribution in [3.05, 3.63) is 70.8 Å². The SMILES string of the molecule is Cc1n[nH]c2cccc([C@H](Nc3cc(C#N)c4ncc(C#N)c(NCC(C)(C)C)c4c3)C3=CN(C4(C(F)(F)F)CC4)NN3)c12. The molecule has 1 aliphatic carbocycles. The zero-order valence-electron chi connectivity index (χ0n) is 24.6. The summed E-state index contributed by atoms with van der Waals surface area (Å²) >= 11 is 0. The molecule has 4 aromatic rings. The van der Waals surface area contributed by atoms with Gasteiger partial charge in [-0.15, -0.1) is 5.53 Å². The lowest BCUT2D eigenvalue weighted by Gasteiger charge is -2.28. The minimum atomic E-state index is -4.42. The van der Waals surface area contributed by atoms with E-state index in [2.05, 4.69) is 69.7 Å². The van der Waals surface area contributed by atoms with Crippen molar-refractivity contribution in [1.82, 2.24) is 31.2 Å². The van der Waals surface area contributed by atoms with E-state index >= 15 is 0 Å². The van der Waals surface area contributed by atoms with Crippen LogP contribution in [0.15, 0.2) is 48.4 Å². The number of fused-ring (bicyclic) bond motifs is 2. The fourth-order valence-corrected chi connectivity index (χ4v) is 5.58. The number of aromatic amines is 1. The van der Waals surface area contributed by atoms with Gasteiger partial charge < -0.3 is 16.1 Å². The standard InChI is InChI=1S/C31H31F3N10/c1-17-25-21(6-5-7-23(25)41-40-17)28(24-15-44(43-42-24)30(8-9-30)31(32,33)34)39-20-10-18(12-35)26-22(11-20)27(19(13-36)14-37-26)38-16-29(2,3)4/h5-7,10-11,14-15,28,39,42-43H,8-9,16H2,1-4H3,(H,37,38)(H,40,41)/t28-/m0/s1. The number of hydrogen-bond donors (Lipinski definition) is 5. The molecule has 1 aliphatic heterocycles. The molecule has 5 N–H and O–H groups in total. The molecular weight excluding hydrogens is 569 g/mol. The van der Waals surface area contributed by atoms with E-state index in [0.29, 0.717) is 40.1 Å². The first-order chi connectivity index (χ1) is 20.8. The highest BCUT2D eigenvalue weighted by atomic mass is 19.4. The lowest BCUT2D eigenvalue weighted by molar-refractivity contribution is -0.195. The van der Waals surface area contributed by atoms with Gasteiger partial charge in [-0.3, -0.25) is 15.1 Å². The van der Waals surface area contributed by atoms with E-state index in [1.807, 2.05) is 31.2 Å². The van der Waals surface area contributed by atoms with Gasteiger partial charge in [0.15, 0.2) is 5.54 Å². The van der Waals surface area contributed by atoms with Gasteiger partial charge in [0.25, 0.3) is 0 Å². The highest BCUT2D eigenvalue weighted by molar-refractivity contribution is 5.99. The molecule has 3 heterocycles. The third-order valence-corrected chi connectivity index (χ3v) is 8.04. The summed E-state index contributed by atoms with van der Waals surface area (Å²) < 4.78 is 42.0. The molecule has 0 saturated heterocycles. The lowest BCUT2D eigenvalue weighted by atomic mass is 9.96. The average molecular weight is 601 g/mol. The van der Waals surface area contributed by atoms with Crippen LogP contribution in [-0.2, 0) is 0 Å². The van der Waals surface area contributed by atoms with E-state index in [1.165, 1.54) is 12.4 Å². The summed E-state index contributed by atoms with van der Waals surface area (Å²) in [5, 5.41) is 36.7. The van der Waals surface area contributed by atoms with E-state index in [9.17, 15) is 23.7 Å². The maximum Gasteiger partial charge on any atom is 0.413 e. The molecule has 6 rings (SSSR count). The number of aryl methyl sites for hydroxylation is 1. The molecule has 2 aromatic heterocycles. The summed E-state index contributed by atoms with van der Waals surface area (Å²) in [6.45, 7) is 8.61. The molecular formula is C31H31F3N10. The number of alkyl halides is 3. The molecule has 0 amide bonds. The third kappa shape index (κ3) is 4.99. The Morgan fingerprint density at radius 2 is 1.86 bits per heavy atom. The van der Waals surface area contributed by atoms with Gasteiger partial charge >= 0.3 is 6.18 Å². The van der Waals surface area contributed by atoms with Crippen LogP contribution >= 0.6 is 0 Å². The minimum Gasteiger partial charge on any atom is -0.383 e. The second kappa shape index (κ2) is 10.3. The van der Waals surface area contributed by atoms with Crippen LogP contribution in [0.5, 0.6) is 0 Å². The van der Waals surface area contributed by atoms with Crippen LogP contribution in [-0.4, -0.2) is 38.5 Å². The molecule has 2 aromatic carbocycles. The van der Waals surface area contributed by atoms with E-state index in [-0.39, 0.29) is 23.8 Å². The molecule has 10 nitrogen and oxygen atoms in total. The summed E-state index contributed by atoms with van der Waals surface area (Å²) in [6.07, 6.45) is -1.55. The first-order valence-corrected chi connectivity index (χ1v) is 14.2. The highest BCUT2D eigenvalue weighted by Crippen LogP contribution is 2.54. The third-order valence-electron chi connectivity index (χ3n) is 8.04. The monoisotopic (exact) mass is 600 g/mol. The molecule has 1 fully saturated rings. The average Bonchev–Trinajstić information content (AvgIpc) is 3.52. The summed E-state index contributed by atoms with van der Waals surface area (Å²) in [4.78, 5) is 4.42. The normalized spacial score (nSPS) is 16.7. The van der Waals surface area contributed by atoms with Gasteiger partial charge in [0.2, 0.25) is 0 Å². The van der Waals surface area contributed by atoms with Crippen LogP contribution in [0.4, 0.5) is 24.5 Å². The minimum absolute atomic E-state index is 0.0156. The van der Waals surface area contributed by atoms with Gasteiger partial charge in [0.05, 0.1) is 45.3 Å². The number of H-pyrrole nitrogens is 1. The molecule has 1 saturated carbocycles. The first kappa shape index (κ1) is 29.1. The fourth-order valence-electron chi connectivity index (χ4n) is 5.58. The Labute approximate surface area is 251 Å². The number of benzene rings is 2. The molecule has 0 radical (unpaired) electrons. The number of nitriles is 2. The van der Waals surface area contributed by atoms with Crippen LogP contribution in [0.3, 0.4) is 0 Å². The van der Waals surface area contributed by atoms with Gasteiger partial charge in [0, 0.05) is 35.4 Å². The lowest BCUT2D eigenvalue weighted by Crippen LogP contribution is -2.52. The van der Waals surface area contributed by atoms with Crippen molar-refractivity contribution in [2.75, 3.05) is 17.2 Å². The number of rotatable bonds is 7. The van der Waals surface area contributed by atoms with Crippen molar-refractivity contribution in [3.8, 4) is 12.1 Å². The molecule has 226 valence electrons. The Morgan fingerprint density at radius 1 is 1.11 bits per heavy atom. The molecule has 1 atom stereocenters. The molecule has 0 spiro atoms. The van der Waals surface area contributed by atoms with E-state index < -0.39 is 17.8 Å². The van der Waals surface area contributed by atoms with Crippen molar-refractivity contribution in [2.24, 2.45) is 5.41 Å². The maximum atomic E-state index is 14.0. The summed E-state index contributed by atoms with van der Waals surface area (Å²) in [6, 6.07) is 12.8. The van der Waals surface area contributed by atoms with Gasteiger partial charge in [-0.05, 0) is 48.9 Å². The maximum absolute atomic E-state index is 14.0. The highest BCUT2D eigenvalue weighted by Gasteiger charge is 2.67. The first-order valence-electron chi connectivity index (χ1n) is 14.2.